The predicted octanol–water partition coefficient (Wildman–Crippen LogP) is 3.20. The van der Waals surface area contributed by atoms with Crippen LogP contribution in [0.1, 0.15) is 39.2 Å². The molecule has 0 aliphatic rings. The molecular formula is C15H26N2. The fourth-order valence-corrected chi connectivity index (χ4v) is 1.97. The zero-order valence-electron chi connectivity index (χ0n) is 11.6. The minimum atomic E-state index is 0.265. The summed E-state index contributed by atoms with van der Waals surface area (Å²) in [5, 5.41) is 0. The van der Waals surface area contributed by atoms with E-state index < -0.39 is 0 Å². The van der Waals surface area contributed by atoms with Gasteiger partial charge in [0.1, 0.15) is 0 Å². The highest BCUT2D eigenvalue weighted by Gasteiger charge is 2.13. The number of hydrogen-bond donors (Lipinski definition) is 1. The molecule has 1 aromatic rings. The molecule has 2 nitrogen and oxygen atoms in total. The van der Waals surface area contributed by atoms with Crippen LogP contribution in [0.3, 0.4) is 0 Å². The minimum Gasteiger partial charge on any atom is -0.372 e. The van der Waals surface area contributed by atoms with E-state index in [9.17, 15) is 0 Å². The van der Waals surface area contributed by atoms with Crippen molar-refractivity contribution >= 4 is 5.69 Å². The zero-order chi connectivity index (χ0) is 12.8. The number of benzene rings is 1. The van der Waals surface area contributed by atoms with E-state index in [0.717, 1.165) is 19.3 Å². The lowest BCUT2D eigenvalue weighted by Crippen LogP contribution is -2.30. The van der Waals surface area contributed by atoms with E-state index in [0.29, 0.717) is 6.04 Å². The van der Waals surface area contributed by atoms with Crippen molar-refractivity contribution in [3.05, 3.63) is 29.8 Å². The smallest absolute Gasteiger partial charge is 0.0399 e. The van der Waals surface area contributed by atoms with Crippen LogP contribution in [0, 0.1) is 0 Å². The second-order valence-electron chi connectivity index (χ2n) is 4.87. The van der Waals surface area contributed by atoms with Gasteiger partial charge in [-0.25, -0.2) is 0 Å². The van der Waals surface area contributed by atoms with Crippen molar-refractivity contribution < 1.29 is 0 Å². The second kappa shape index (κ2) is 6.65. The first-order chi connectivity index (χ1) is 8.10. The summed E-state index contributed by atoms with van der Waals surface area (Å²) in [6.07, 6.45) is 3.15. The van der Waals surface area contributed by atoms with E-state index in [1.165, 1.54) is 11.3 Å². The third kappa shape index (κ3) is 3.74. The van der Waals surface area contributed by atoms with Crippen LogP contribution in [-0.2, 0) is 6.42 Å². The summed E-state index contributed by atoms with van der Waals surface area (Å²) in [6.45, 7) is 6.63. The first kappa shape index (κ1) is 14.0. The van der Waals surface area contributed by atoms with Crippen LogP contribution in [0.25, 0.3) is 0 Å². The molecule has 0 radical (unpaired) electrons. The Bertz CT molecular complexity index is 335. The summed E-state index contributed by atoms with van der Waals surface area (Å²) >= 11 is 0. The lowest BCUT2D eigenvalue weighted by atomic mass is 10.0. The Morgan fingerprint density at radius 1 is 1.18 bits per heavy atom. The molecule has 2 N–H and O–H groups in total. The maximum Gasteiger partial charge on any atom is 0.0399 e. The molecule has 0 aromatic heterocycles. The van der Waals surface area contributed by atoms with Gasteiger partial charge in [0.25, 0.3) is 0 Å². The van der Waals surface area contributed by atoms with Gasteiger partial charge in [0.15, 0.2) is 0 Å². The van der Waals surface area contributed by atoms with E-state index in [-0.39, 0.29) is 6.04 Å². The Hall–Kier alpha value is -1.02. The van der Waals surface area contributed by atoms with E-state index in [4.69, 9.17) is 5.73 Å². The first-order valence-corrected chi connectivity index (χ1v) is 6.66. The fraction of sp³-hybridized carbons (Fsp3) is 0.600. The number of nitrogens with two attached hydrogens (primary N) is 1. The molecule has 0 amide bonds. The molecule has 0 saturated heterocycles. The molecule has 1 aromatic carbocycles. The van der Waals surface area contributed by atoms with E-state index >= 15 is 0 Å². The summed E-state index contributed by atoms with van der Waals surface area (Å²) in [6, 6.07) is 9.43. The molecule has 1 rings (SSSR count). The van der Waals surface area contributed by atoms with Crippen molar-refractivity contribution in [1.82, 2.24) is 0 Å². The largest absolute Gasteiger partial charge is 0.372 e. The average Bonchev–Trinajstić information content (AvgIpc) is 2.37. The lowest BCUT2D eigenvalue weighted by Gasteiger charge is -2.29. The fourth-order valence-electron chi connectivity index (χ4n) is 1.97. The van der Waals surface area contributed by atoms with Gasteiger partial charge < -0.3 is 10.6 Å². The van der Waals surface area contributed by atoms with Gasteiger partial charge in [-0.3, -0.25) is 0 Å². The van der Waals surface area contributed by atoms with E-state index in [1.807, 2.05) is 0 Å². The highest BCUT2D eigenvalue weighted by Crippen LogP contribution is 2.23. The summed E-state index contributed by atoms with van der Waals surface area (Å²) in [7, 11) is 2.17. The van der Waals surface area contributed by atoms with E-state index in [2.05, 4.69) is 57.0 Å². The molecule has 0 aliphatic heterocycles. The quantitative estimate of drug-likeness (QED) is 0.819. The molecule has 0 spiro atoms. The maximum atomic E-state index is 6.06. The number of rotatable bonds is 6. The standard InChI is InChI=1S/C15H26N2/c1-5-12(3)17(4)15-10-8-7-9-13(15)11-14(16)6-2/h7-10,12,14H,5-6,11,16H2,1-4H3. The topological polar surface area (TPSA) is 29.3 Å². The molecular weight excluding hydrogens is 208 g/mol. The van der Waals surface area contributed by atoms with Crippen molar-refractivity contribution in [2.24, 2.45) is 5.73 Å². The number of anilines is 1. The van der Waals surface area contributed by atoms with Gasteiger partial charge in [0.2, 0.25) is 0 Å². The SMILES string of the molecule is CCC(N)Cc1ccccc1N(C)C(C)CC. The molecule has 0 fully saturated rings. The van der Waals surface area contributed by atoms with Gasteiger partial charge in [0.05, 0.1) is 0 Å². The van der Waals surface area contributed by atoms with Gasteiger partial charge in [0, 0.05) is 24.8 Å². The van der Waals surface area contributed by atoms with Crippen molar-refractivity contribution in [2.75, 3.05) is 11.9 Å². The summed E-state index contributed by atoms with van der Waals surface area (Å²) in [5.74, 6) is 0. The third-order valence-electron chi connectivity index (χ3n) is 3.63. The lowest BCUT2D eigenvalue weighted by molar-refractivity contribution is 0.633. The normalized spacial score (nSPS) is 14.4. The molecule has 2 atom stereocenters. The van der Waals surface area contributed by atoms with Crippen LogP contribution >= 0.6 is 0 Å². The molecule has 2 heteroatoms. The Balaban J connectivity index is 2.91. The molecule has 0 heterocycles. The van der Waals surface area contributed by atoms with Crippen LogP contribution in [-0.4, -0.2) is 19.1 Å². The predicted molar refractivity (Wildman–Crippen MR) is 76.6 cm³/mol. The maximum absolute atomic E-state index is 6.06. The molecule has 0 aliphatic carbocycles. The Kier molecular flexibility index (Phi) is 5.49. The molecule has 2 unspecified atom stereocenters. The summed E-state index contributed by atoms with van der Waals surface area (Å²) in [4.78, 5) is 2.36. The van der Waals surface area contributed by atoms with Gasteiger partial charge >= 0.3 is 0 Å². The first-order valence-electron chi connectivity index (χ1n) is 6.66. The van der Waals surface area contributed by atoms with E-state index in [1.54, 1.807) is 0 Å². The van der Waals surface area contributed by atoms with Crippen LogP contribution in [0.4, 0.5) is 5.69 Å². The highest BCUT2D eigenvalue weighted by molar-refractivity contribution is 5.54. The van der Waals surface area contributed by atoms with Crippen LogP contribution < -0.4 is 10.6 Å². The average molecular weight is 234 g/mol. The zero-order valence-corrected chi connectivity index (χ0v) is 11.6. The summed E-state index contributed by atoms with van der Waals surface area (Å²) in [5.41, 5.74) is 8.75. The van der Waals surface area contributed by atoms with Crippen LogP contribution in [0.2, 0.25) is 0 Å². The van der Waals surface area contributed by atoms with Crippen molar-refractivity contribution in [3.8, 4) is 0 Å². The Labute approximate surface area is 106 Å². The van der Waals surface area contributed by atoms with Crippen LogP contribution in [0.5, 0.6) is 0 Å². The molecule has 0 saturated carbocycles. The Morgan fingerprint density at radius 3 is 2.41 bits per heavy atom. The third-order valence-corrected chi connectivity index (χ3v) is 3.63. The number of nitrogens with zero attached hydrogens (tertiary/aromatic N) is 1. The van der Waals surface area contributed by atoms with Crippen molar-refractivity contribution in [2.45, 2.75) is 52.1 Å². The number of para-hydroxylation sites is 1. The molecule has 96 valence electrons. The monoisotopic (exact) mass is 234 g/mol. The van der Waals surface area contributed by atoms with Crippen molar-refractivity contribution in [1.29, 1.82) is 0 Å². The molecule has 17 heavy (non-hydrogen) atoms. The summed E-state index contributed by atoms with van der Waals surface area (Å²) < 4.78 is 0. The van der Waals surface area contributed by atoms with Gasteiger partial charge in [-0.1, -0.05) is 32.0 Å². The number of hydrogen-bond acceptors (Lipinski definition) is 2. The minimum absolute atomic E-state index is 0.265. The Morgan fingerprint density at radius 2 is 1.82 bits per heavy atom. The van der Waals surface area contributed by atoms with Crippen LogP contribution in [0.15, 0.2) is 24.3 Å². The molecule has 0 bridgehead atoms. The van der Waals surface area contributed by atoms with Gasteiger partial charge in [-0.05, 0) is 37.8 Å². The van der Waals surface area contributed by atoms with Gasteiger partial charge in [-0.15, -0.1) is 0 Å². The van der Waals surface area contributed by atoms with Gasteiger partial charge in [-0.2, -0.15) is 0 Å². The van der Waals surface area contributed by atoms with Crippen molar-refractivity contribution in [3.63, 3.8) is 0 Å². The second-order valence-corrected chi connectivity index (χ2v) is 4.87. The highest BCUT2D eigenvalue weighted by atomic mass is 15.1.